The zero-order chi connectivity index (χ0) is 19.3. The van der Waals surface area contributed by atoms with E-state index in [2.05, 4.69) is 14.9 Å². The molecule has 27 heavy (non-hydrogen) atoms. The molecule has 1 heterocycles. The van der Waals surface area contributed by atoms with Crippen molar-refractivity contribution in [2.75, 3.05) is 13.7 Å². The predicted octanol–water partition coefficient (Wildman–Crippen LogP) is 2.96. The van der Waals surface area contributed by atoms with Crippen LogP contribution in [0.3, 0.4) is 0 Å². The summed E-state index contributed by atoms with van der Waals surface area (Å²) in [5.74, 6) is 1.34. The van der Waals surface area contributed by atoms with E-state index in [1.807, 2.05) is 31.2 Å². The van der Waals surface area contributed by atoms with E-state index >= 15 is 0 Å². The van der Waals surface area contributed by atoms with Crippen LogP contribution >= 0.6 is 0 Å². The van der Waals surface area contributed by atoms with Crippen molar-refractivity contribution in [3.8, 4) is 22.8 Å². The number of H-pyrrole nitrogens is 1. The molecule has 0 unspecified atom stereocenters. The van der Waals surface area contributed by atoms with Gasteiger partial charge in [0, 0.05) is 17.7 Å². The van der Waals surface area contributed by atoms with Crippen molar-refractivity contribution in [3.63, 3.8) is 0 Å². The Hall–Kier alpha value is -2.84. The Morgan fingerprint density at radius 2 is 1.89 bits per heavy atom. The topological polar surface area (TPSA) is 93.3 Å². The van der Waals surface area contributed by atoms with E-state index in [9.17, 15) is 8.42 Å². The second kappa shape index (κ2) is 8.24. The van der Waals surface area contributed by atoms with Crippen LogP contribution in [-0.2, 0) is 16.6 Å². The molecule has 7 nitrogen and oxygen atoms in total. The van der Waals surface area contributed by atoms with Crippen molar-refractivity contribution >= 4 is 10.0 Å². The highest BCUT2D eigenvalue weighted by Crippen LogP contribution is 2.25. The van der Waals surface area contributed by atoms with Crippen LogP contribution in [0.15, 0.2) is 59.6 Å². The van der Waals surface area contributed by atoms with Crippen molar-refractivity contribution in [2.24, 2.45) is 0 Å². The van der Waals surface area contributed by atoms with Crippen LogP contribution in [0.4, 0.5) is 0 Å². The second-order valence-corrected chi connectivity index (χ2v) is 7.50. The maximum Gasteiger partial charge on any atom is 0.240 e. The molecule has 0 amide bonds. The lowest BCUT2D eigenvalue weighted by molar-refractivity contribution is 0.340. The smallest absolute Gasteiger partial charge is 0.240 e. The third kappa shape index (κ3) is 4.47. The summed E-state index contributed by atoms with van der Waals surface area (Å²) in [6.45, 7) is 2.51. The molecule has 142 valence electrons. The first-order valence-electron chi connectivity index (χ1n) is 8.42. The summed E-state index contributed by atoms with van der Waals surface area (Å²) in [5.41, 5.74) is 2.34. The molecule has 0 saturated heterocycles. The normalized spacial score (nSPS) is 11.3. The average Bonchev–Trinajstić information content (AvgIpc) is 3.16. The third-order valence-electron chi connectivity index (χ3n) is 3.97. The number of nitrogens with one attached hydrogen (secondary N) is 2. The summed E-state index contributed by atoms with van der Waals surface area (Å²) in [4.78, 5) is 0.178. The molecule has 3 aromatic rings. The average molecular weight is 387 g/mol. The monoisotopic (exact) mass is 387 g/mol. The summed E-state index contributed by atoms with van der Waals surface area (Å²) >= 11 is 0. The molecule has 0 aliphatic carbocycles. The third-order valence-corrected chi connectivity index (χ3v) is 5.39. The minimum atomic E-state index is -3.65. The van der Waals surface area contributed by atoms with Crippen molar-refractivity contribution in [2.45, 2.75) is 18.4 Å². The molecule has 2 N–H and O–H groups in total. The highest BCUT2D eigenvalue weighted by molar-refractivity contribution is 7.89. The summed E-state index contributed by atoms with van der Waals surface area (Å²) in [7, 11) is -2.06. The van der Waals surface area contributed by atoms with Crippen LogP contribution in [0.5, 0.6) is 11.5 Å². The van der Waals surface area contributed by atoms with Gasteiger partial charge in [-0.1, -0.05) is 12.1 Å². The zero-order valence-corrected chi connectivity index (χ0v) is 15.9. The highest BCUT2D eigenvalue weighted by Gasteiger charge is 2.16. The van der Waals surface area contributed by atoms with E-state index in [0.717, 1.165) is 16.8 Å². The fourth-order valence-corrected chi connectivity index (χ4v) is 3.62. The van der Waals surface area contributed by atoms with Crippen molar-refractivity contribution in [1.82, 2.24) is 14.9 Å². The zero-order valence-electron chi connectivity index (χ0n) is 15.1. The van der Waals surface area contributed by atoms with E-state index in [0.29, 0.717) is 18.1 Å². The van der Waals surface area contributed by atoms with Crippen LogP contribution in [0.25, 0.3) is 11.3 Å². The number of aromatic nitrogens is 2. The second-order valence-electron chi connectivity index (χ2n) is 5.73. The first-order chi connectivity index (χ1) is 13.0. The predicted molar refractivity (Wildman–Crippen MR) is 102 cm³/mol. The molecule has 0 bridgehead atoms. The lowest BCUT2D eigenvalue weighted by Gasteiger charge is -2.09. The van der Waals surface area contributed by atoms with Crippen LogP contribution in [0.1, 0.15) is 12.5 Å². The molecule has 1 aromatic heterocycles. The maximum absolute atomic E-state index is 12.5. The number of hydrogen-bond acceptors (Lipinski definition) is 5. The number of nitrogens with zero attached hydrogens (tertiary/aromatic N) is 1. The van der Waals surface area contributed by atoms with Gasteiger partial charge >= 0.3 is 0 Å². The number of ether oxygens (including phenoxy) is 2. The van der Waals surface area contributed by atoms with Gasteiger partial charge in [-0.25, -0.2) is 13.1 Å². The molecule has 0 aliphatic heterocycles. The van der Waals surface area contributed by atoms with Gasteiger partial charge in [-0.15, -0.1) is 0 Å². The molecule has 0 fully saturated rings. The summed E-state index contributed by atoms with van der Waals surface area (Å²) < 4.78 is 38.3. The number of rotatable bonds is 8. The van der Waals surface area contributed by atoms with Crippen LogP contribution < -0.4 is 14.2 Å². The Labute approximate surface area is 158 Å². The van der Waals surface area contributed by atoms with Crippen LogP contribution in [0.2, 0.25) is 0 Å². The van der Waals surface area contributed by atoms with Crippen molar-refractivity contribution in [1.29, 1.82) is 0 Å². The molecule has 0 aliphatic rings. The Balaban J connectivity index is 1.76. The fraction of sp³-hybridized carbons (Fsp3) is 0.211. The summed E-state index contributed by atoms with van der Waals surface area (Å²) in [5, 5.41) is 6.96. The van der Waals surface area contributed by atoms with E-state index in [1.165, 1.54) is 12.1 Å². The number of aromatic amines is 1. The van der Waals surface area contributed by atoms with Gasteiger partial charge in [0.15, 0.2) is 0 Å². The molecule has 3 rings (SSSR count). The molecule has 0 spiro atoms. The van der Waals surface area contributed by atoms with Gasteiger partial charge in [-0.3, -0.25) is 5.10 Å². The van der Waals surface area contributed by atoms with Gasteiger partial charge in [0.05, 0.1) is 30.5 Å². The number of methoxy groups -OCH3 is 1. The summed E-state index contributed by atoms with van der Waals surface area (Å²) in [6, 6.07) is 13.8. The van der Waals surface area contributed by atoms with E-state index in [-0.39, 0.29) is 11.4 Å². The number of sulfonamides is 1. The molecular formula is C19H21N3O4S. The quantitative estimate of drug-likeness (QED) is 0.620. The lowest BCUT2D eigenvalue weighted by atomic mass is 10.1. The van der Waals surface area contributed by atoms with Crippen LogP contribution in [0, 0.1) is 0 Å². The van der Waals surface area contributed by atoms with Gasteiger partial charge in [0.2, 0.25) is 10.0 Å². The molecule has 0 saturated carbocycles. The number of hydrogen-bond donors (Lipinski definition) is 2. The molecule has 0 atom stereocenters. The maximum atomic E-state index is 12.5. The molecular weight excluding hydrogens is 366 g/mol. The Bertz CT molecular complexity index is 998. The van der Waals surface area contributed by atoms with E-state index in [4.69, 9.17) is 9.47 Å². The van der Waals surface area contributed by atoms with Crippen molar-refractivity contribution in [3.05, 3.63) is 60.3 Å². The largest absolute Gasteiger partial charge is 0.497 e. The highest BCUT2D eigenvalue weighted by atomic mass is 32.2. The number of benzene rings is 2. The van der Waals surface area contributed by atoms with Gasteiger partial charge < -0.3 is 9.47 Å². The standard InChI is InChI=1S/C19H21N3O4S/c1-3-26-16-7-9-18(10-8-16)27(23,24)21-13-15-12-20-22-19(15)14-5-4-6-17(11-14)25-2/h4-12,21H,3,13H2,1-2H3,(H,20,22). The van der Waals surface area contributed by atoms with Gasteiger partial charge in [0.25, 0.3) is 0 Å². The lowest BCUT2D eigenvalue weighted by Crippen LogP contribution is -2.23. The van der Waals surface area contributed by atoms with Gasteiger partial charge in [0.1, 0.15) is 11.5 Å². The SMILES string of the molecule is CCOc1ccc(S(=O)(=O)NCc2cn[nH]c2-c2cccc(OC)c2)cc1. The molecule has 2 aromatic carbocycles. The van der Waals surface area contributed by atoms with Gasteiger partial charge in [-0.05, 0) is 43.3 Å². The Morgan fingerprint density at radius 1 is 1.11 bits per heavy atom. The minimum absolute atomic E-state index is 0.110. The fourth-order valence-electron chi connectivity index (χ4n) is 2.61. The van der Waals surface area contributed by atoms with Crippen molar-refractivity contribution < 1.29 is 17.9 Å². The van der Waals surface area contributed by atoms with Gasteiger partial charge in [-0.2, -0.15) is 5.10 Å². The molecule has 8 heteroatoms. The minimum Gasteiger partial charge on any atom is -0.497 e. The van der Waals surface area contributed by atoms with Crippen LogP contribution in [-0.4, -0.2) is 32.3 Å². The van der Waals surface area contributed by atoms with E-state index < -0.39 is 10.0 Å². The van der Waals surface area contributed by atoms with E-state index in [1.54, 1.807) is 25.4 Å². The Morgan fingerprint density at radius 3 is 2.59 bits per heavy atom. The molecule has 0 radical (unpaired) electrons. The first-order valence-corrected chi connectivity index (χ1v) is 9.91. The first kappa shape index (κ1) is 18.9. The summed E-state index contributed by atoms with van der Waals surface area (Å²) in [6.07, 6.45) is 1.61. The Kier molecular flexibility index (Phi) is 5.78.